The average molecular weight is 258 g/mol. The first-order valence-electron chi connectivity index (χ1n) is 6.76. The molecule has 0 atom stereocenters. The van der Waals surface area contributed by atoms with Crippen LogP contribution >= 0.6 is 0 Å². The van der Waals surface area contributed by atoms with Gasteiger partial charge in [0.05, 0.1) is 5.56 Å². The minimum absolute atomic E-state index is 0.430. The Morgan fingerprint density at radius 2 is 1.84 bits per heavy atom. The van der Waals surface area contributed by atoms with Crippen molar-refractivity contribution in [3.63, 3.8) is 0 Å². The summed E-state index contributed by atoms with van der Waals surface area (Å²) < 4.78 is 29.5. The summed E-state index contributed by atoms with van der Waals surface area (Å²) in [7, 11) is 0. The summed E-state index contributed by atoms with van der Waals surface area (Å²) in [6, 6.07) is 4.59. The summed E-state index contributed by atoms with van der Waals surface area (Å²) in [4.78, 5) is 0. The van der Waals surface area contributed by atoms with E-state index in [2.05, 4.69) is 10.6 Å². The minimum Gasteiger partial charge on any atom is -0.207 e. The van der Waals surface area contributed by atoms with Crippen molar-refractivity contribution >= 4 is 0 Å². The number of aromatic nitrogens is 1. The molecule has 1 nitrogen and oxygen atoms in total. The van der Waals surface area contributed by atoms with Crippen molar-refractivity contribution in [3.8, 4) is 11.3 Å². The maximum atomic E-state index is 14.1. The van der Waals surface area contributed by atoms with Crippen LogP contribution in [0.3, 0.4) is 0 Å². The fourth-order valence-corrected chi connectivity index (χ4v) is 3.44. The quantitative estimate of drug-likeness (QED) is 0.545. The first kappa shape index (κ1) is 11.1. The third-order valence-corrected chi connectivity index (χ3v) is 4.25. The Balaban J connectivity index is 2.02. The van der Waals surface area contributed by atoms with Gasteiger partial charge >= 0.3 is 0 Å². The number of halogens is 2. The van der Waals surface area contributed by atoms with Crippen LogP contribution in [-0.2, 0) is 19.4 Å². The van der Waals surface area contributed by atoms with Gasteiger partial charge in [-0.25, -0.2) is 8.78 Å². The van der Waals surface area contributed by atoms with Gasteiger partial charge in [-0.15, -0.1) is 0 Å². The number of pyridine rings is 1. The SMILES string of the molecule is Fc1cc(F)c2c(c1)C[n+]1ccc3c(c1-2)CCCC3. The van der Waals surface area contributed by atoms with Gasteiger partial charge in [-0.1, -0.05) is 0 Å². The molecule has 0 N–H and O–H groups in total. The number of benzene rings is 1. The second-order valence-corrected chi connectivity index (χ2v) is 5.42. The zero-order valence-electron chi connectivity index (χ0n) is 10.5. The van der Waals surface area contributed by atoms with Gasteiger partial charge in [0.15, 0.2) is 12.7 Å². The van der Waals surface area contributed by atoms with Crippen molar-refractivity contribution in [3.05, 3.63) is 52.7 Å². The predicted molar refractivity (Wildman–Crippen MR) is 67.7 cm³/mol. The van der Waals surface area contributed by atoms with E-state index in [1.54, 1.807) is 0 Å². The van der Waals surface area contributed by atoms with Gasteiger partial charge < -0.3 is 0 Å². The molecule has 0 saturated heterocycles. The first-order chi connectivity index (χ1) is 9.24. The van der Waals surface area contributed by atoms with Gasteiger partial charge in [0.25, 0.3) is 0 Å². The molecule has 0 unspecified atom stereocenters. The van der Waals surface area contributed by atoms with Crippen molar-refractivity contribution in [2.45, 2.75) is 32.2 Å². The van der Waals surface area contributed by atoms with Gasteiger partial charge in [-0.05, 0) is 37.3 Å². The van der Waals surface area contributed by atoms with E-state index in [1.165, 1.54) is 23.6 Å². The number of hydrogen-bond acceptors (Lipinski definition) is 0. The lowest BCUT2D eigenvalue weighted by Crippen LogP contribution is -2.33. The fourth-order valence-electron chi connectivity index (χ4n) is 3.44. The van der Waals surface area contributed by atoms with Crippen LogP contribution < -0.4 is 4.57 Å². The van der Waals surface area contributed by atoms with E-state index in [9.17, 15) is 8.78 Å². The van der Waals surface area contributed by atoms with Gasteiger partial charge in [0, 0.05) is 23.3 Å². The van der Waals surface area contributed by atoms with Crippen LogP contribution in [0.1, 0.15) is 29.5 Å². The highest BCUT2D eigenvalue weighted by molar-refractivity contribution is 5.68. The smallest absolute Gasteiger partial charge is 0.207 e. The van der Waals surface area contributed by atoms with E-state index in [0.29, 0.717) is 12.1 Å². The van der Waals surface area contributed by atoms with Crippen LogP contribution in [0.15, 0.2) is 24.4 Å². The molecule has 19 heavy (non-hydrogen) atoms. The summed E-state index contributed by atoms with van der Waals surface area (Å²) >= 11 is 0. The molecular weight excluding hydrogens is 244 g/mol. The Hall–Kier alpha value is -1.77. The van der Waals surface area contributed by atoms with Crippen LogP contribution in [0.4, 0.5) is 8.78 Å². The molecular formula is C16H14F2N+. The molecule has 0 amide bonds. The summed E-state index contributed by atoms with van der Waals surface area (Å²) in [6.45, 7) is 0.576. The standard InChI is InChI=1S/C16H14F2N/c17-12-7-11-9-19-6-5-10-3-1-2-4-13(10)16(19)15(11)14(18)8-12/h5-8H,1-4,9H2/q+1. The molecule has 4 rings (SSSR count). The molecule has 3 heteroatoms. The molecule has 0 radical (unpaired) electrons. The molecule has 2 aliphatic rings. The number of aryl methyl sites for hydroxylation is 1. The third-order valence-electron chi connectivity index (χ3n) is 4.25. The lowest BCUT2D eigenvalue weighted by molar-refractivity contribution is -0.672. The lowest BCUT2D eigenvalue weighted by atomic mass is 9.89. The van der Waals surface area contributed by atoms with Gasteiger partial charge in [0.2, 0.25) is 5.69 Å². The summed E-state index contributed by atoms with van der Waals surface area (Å²) in [5.41, 5.74) is 4.94. The molecule has 0 spiro atoms. The Labute approximate surface area is 110 Å². The molecule has 96 valence electrons. The zero-order valence-corrected chi connectivity index (χ0v) is 10.5. The number of nitrogens with zero attached hydrogens (tertiary/aromatic N) is 1. The average Bonchev–Trinajstić information content (AvgIpc) is 2.77. The molecule has 1 aliphatic carbocycles. The lowest BCUT2D eigenvalue weighted by Gasteiger charge is -2.15. The Kier molecular flexibility index (Phi) is 2.25. The molecule has 0 saturated carbocycles. The molecule has 2 aromatic rings. The van der Waals surface area contributed by atoms with Crippen LogP contribution in [0, 0.1) is 11.6 Å². The van der Waals surface area contributed by atoms with Crippen LogP contribution in [0.25, 0.3) is 11.3 Å². The summed E-state index contributed by atoms with van der Waals surface area (Å²) in [5, 5.41) is 0. The van der Waals surface area contributed by atoms with E-state index < -0.39 is 11.6 Å². The fraction of sp³-hybridized carbons (Fsp3) is 0.312. The van der Waals surface area contributed by atoms with Crippen LogP contribution in [0.5, 0.6) is 0 Å². The van der Waals surface area contributed by atoms with Gasteiger partial charge in [-0.3, -0.25) is 0 Å². The summed E-state index contributed by atoms with van der Waals surface area (Å²) in [5.74, 6) is -0.918. The highest BCUT2D eigenvalue weighted by Gasteiger charge is 2.34. The van der Waals surface area contributed by atoms with Crippen molar-refractivity contribution in [2.75, 3.05) is 0 Å². The van der Waals surface area contributed by atoms with Crippen LogP contribution in [-0.4, -0.2) is 0 Å². The van der Waals surface area contributed by atoms with E-state index in [1.807, 2.05) is 6.20 Å². The second kappa shape index (κ2) is 3.86. The Bertz CT molecular complexity index is 692. The number of rotatable bonds is 0. The highest BCUT2D eigenvalue weighted by Crippen LogP contribution is 2.36. The number of fused-ring (bicyclic) bond motifs is 5. The van der Waals surface area contributed by atoms with E-state index in [4.69, 9.17) is 0 Å². The van der Waals surface area contributed by atoms with Gasteiger partial charge in [0.1, 0.15) is 11.6 Å². The largest absolute Gasteiger partial charge is 0.219 e. The monoisotopic (exact) mass is 258 g/mol. The van der Waals surface area contributed by atoms with Crippen molar-refractivity contribution in [1.29, 1.82) is 0 Å². The van der Waals surface area contributed by atoms with E-state index in [0.717, 1.165) is 36.6 Å². The highest BCUT2D eigenvalue weighted by atomic mass is 19.1. The summed E-state index contributed by atoms with van der Waals surface area (Å²) in [6.07, 6.45) is 6.44. The predicted octanol–water partition coefficient (Wildman–Crippen LogP) is 3.16. The van der Waals surface area contributed by atoms with Crippen molar-refractivity contribution < 1.29 is 13.3 Å². The normalized spacial score (nSPS) is 15.9. The molecule has 0 bridgehead atoms. The topological polar surface area (TPSA) is 3.88 Å². The Morgan fingerprint density at radius 1 is 1.00 bits per heavy atom. The first-order valence-corrected chi connectivity index (χ1v) is 6.76. The minimum atomic E-state index is -0.487. The second-order valence-electron chi connectivity index (χ2n) is 5.42. The third kappa shape index (κ3) is 1.54. The van der Waals surface area contributed by atoms with Crippen LogP contribution in [0.2, 0.25) is 0 Å². The van der Waals surface area contributed by atoms with Crippen molar-refractivity contribution in [1.82, 2.24) is 0 Å². The maximum Gasteiger partial charge on any atom is 0.219 e. The van der Waals surface area contributed by atoms with Crippen molar-refractivity contribution in [2.24, 2.45) is 0 Å². The molecule has 1 aromatic heterocycles. The van der Waals surface area contributed by atoms with Gasteiger partial charge in [-0.2, -0.15) is 4.57 Å². The molecule has 1 aliphatic heterocycles. The molecule has 0 fully saturated rings. The Morgan fingerprint density at radius 3 is 2.74 bits per heavy atom. The zero-order chi connectivity index (χ0) is 13.0. The molecule has 1 aromatic carbocycles. The van der Waals surface area contributed by atoms with E-state index in [-0.39, 0.29) is 0 Å². The number of hydrogen-bond donors (Lipinski definition) is 0. The van der Waals surface area contributed by atoms with E-state index >= 15 is 0 Å². The molecule has 2 heterocycles. The maximum absolute atomic E-state index is 14.1.